The van der Waals surface area contributed by atoms with Gasteiger partial charge in [-0.2, -0.15) is 0 Å². The first kappa shape index (κ1) is 10.9. The number of halogens is 1. The Hall–Kier alpha value is -0.570. The van der Waals surface area contributed by atoms with Crippen LogP contribution in [0.25, 0.3) is 0 Å². The van der Waals surface area contributed by atoms with Gasteiger partial charge in [0, 0.05) is 6.54 Å². The van der Waals surface area contributed by atoms with Gasteiger partial charge < -0.3 is 4.57 Å². The lowest BCUT2D eigenvalue weighted by molar-refractivity contribution is 0.263. The van der Waals surface area contributed by atoms with E-state index in [1.165, 1.54) is 25.7 Å². The second kappa shape index (κ2) is 4.52. The molecular formula is C11H18ClN3. The van der Waals surface area contributed by atoms with Gasteiger partial charge in [-0.15, -0.1) is 10.2 Å². The first-order valence-corrected chi connectivity index (χ1v) is 6.10. The average molecular weight is 228 g/mol. The van der Waals surface area contributed by atoms with Crippen molar-refractivity contribution in [1.29, 1.82) is 0 Å². The molecule has 0 unspecified atom stereocenters. The third-order valence-electron chi connectivity index (χ3n) is 3.47. The zero-order valence-electron chi connectivity index (χ0n) is 9.41. The predicted molar refractivity (Wildman–Crippen MR) is 60.9 cm³/mol. The highest BCUT2D eigenvalue weighted by Crippen LogP contribution is 2.30. The molecule has 0 amide bonds. The summed E-state index contributed by atoms with van der Waals surface area (Å²) in [5.41, 5.74) is 0. The Balaban J connectivity index is 1.97. The van der Waals surface area contributed by atoms with E-state index in [9.17, 15) is 0 Å². The molecule has 1 heterocycles. The van der Waals surface area contributed by atoms with E-state index in [4.69, 9.17) is 11.6 Å². The lowest BCUT2D eigenvalue weighted by atomic mass is 9.83. The van der Waals surface area contributed by atoms with Crippen LogP contribution in [0.1, 0.15) is 38.4 Å². The summed E-state index contributed by atoms with van der Waals surface area (Å²) >= 11 is 5.98. The summed E-state index contributed by atoms with van der Waals surface area (Å²) in [5, 5.41) is 8.39. The SMILES string of the molecule is Cc1nnc(Cl)n1CC1CCC(C)CC1. The van der Waals surface area contributed by atoms with E-state index in [0.717, 1.165) is 24.2 Å². The third kappa shape index (κ3) is 2.51. The summed E-state index contributed by atoms with van der Waals surface area (Å²) in [7, 11) is 0. The van der Waals surface area contributed by atoms with Gasteiger partial charge in [-0.25, -0.2) is 0 Å². The van der Waals surface area contributed by atoms with Gasteiger partial charge in [-0.3, -0.25) is 0 Å². The first-order valence-electron chi connectivity index (χ1n) is 5.72. The molecule has 0 N–H and O–H groups in total. The fourth-order valence-electron chi connectivity index (χ4n) is 2.33. The number of aryl methyl sites for hydroxylation is 1. The summed E-state index contributed by atoms with van der Waals surface area (Å²) in [4.78, 5) is 0. The predicted octanol–water partition coefficient (Wildman–Crippen LogP) is 3.07. The molecule has 2 rings (SSSR count). The van der Waals surface area contributed by atoms with Crippen molar-refractivity contribution in [2.24, 2.45) is 11.8 Å². The van der Waals surface area contributed by atoms with Gasteiger partial charge in [0.25, 0.3) is 0 Å². The molecule has 0 bridgehead atoms. The van der Waals surface area contributed by atoms with Crippen molar-refractivity contribution in [3.05, 3.63) is 11.1 Å². The Kier molecular flexibility index (Phi) is 3.29. The van der Waals surface area contributed by atoms with Crippen LogP contribution in [-0.4, -0.2) is 14.8 Å². The number of nitrogens with zero attached hydrogens (tertiary/aromatic N) is 3. The van der Waals surface area contributed by atoms with Crippen molar-refractivity contribution in [3.63, 3.8) is 0 Å². The molecule has 1 fully saturated rings. The summed E-state index contributed by atoms with van der Waals surface area (Å²) in [6.45, 7) is 5.29. The van der Waals surface area contributed by atoms with Gasteiger partial charge in [0.15, 0.2) is 0 Å². The van der Waals surface area contributed by atoms with Gasteiger partial charge in [0.2, 0.25) is 5.28 Å². The molecule has 0 saturated heterocycles. The van der Waals surface area contributed by atoms with E-state index in [1.54, 1.807) is 0 Å². The van der Waals surface area contributed by atoms with Crippen LogP contribution in [0.3, 0.4) is 0 Å². The number of aromatic nitrogens is 3. The minimum Gasteiger partial charge on any atom is -0.302 e. The monoisotopic (exact) mass is 227 g/mol. The van der Waals surface area contributed by atoms with E-state index in [-0.39, 0.29) is 0 Å². The Bertz CT molecular complexity index is 307. The topological polar surface area (TPSA) is 30.7 Å². The van der Waals surface area contributed by atoms with E-state index in [0.29, 0.717) is 5.28 Å². The van der Waals surface area contributed by atoms with Crippen molar-refractivity contribution >= 4 is 11.6 Å². The number of hydrogen-bond donors (Lipinski definition) is 0. The van der Waals surface area contributed by atoms with E-state index >= 15 is 0 Å². The Labute approximate surface area is 95.8 Å². The molecule has 1 saturated carbocycles. The second-order valence-corrected chi connectivity index (χ2v) is 5.09. The lowest BCUT2D eigenvalue weighted by Gasteiger charge is -2.26. The summed E-state index contributed by atoms with van der Waals surface area (Å²) in [6, 6.07) is 0. The van der Waals surface area contributed by atoms with Crippen LogP contribution in [0, 0.1) is 18.8 Å². The third-order valence-corrected chi connectivity index (χ3v) is 3.75. The van der Waals surface area contributed by atoms with Crippen LogP contribution in [0.4, 0.5) is 0 Å². The molecule has 1 aromatic heterocycles. The smallest absolute Gasteiger partial charge is 0.225 e. The fraction of sp³-hybridized carbons (Fsp3) is 0.818. The van der Waals surface area contributed by atoms with Crippen LogP contribution in [0.15, 0.2) is 0 Å². The molecule has 0 spiro atoms. The maximum Gasteiger partial charge on any atom is 0.225 e. The van der Waals surface area contributed by atoms with Gasteiger partial charge in [0.1, 0.15) is 5.82 Å². The van der Waals surface area contributed by atoms with Crippen molar-refractivity contribution in [2.45, 2.75) is 46.1 Å². The highest BCUT2D eigenvalue weighted by atomic mass is 35.5. The van der Waals surface area contributed by atoms with Gasteiger partial charge in [-0.1, -0.05) is 19.8 Å². The van der Waals surface area contributed by atoms with Crippen LogP contribution in [0.5, 0.6) is 0 Å². The largest absolute Gasteiger partial charge is 0.302 e. The minimum absolute atomic E-state index is 0.533. The molecule has 0 aromatic carbocycles. The quantitative estimate of drug-likeness (QED) is 0.778. The molecule has 1 aromatic rings. The van der Waals surface area contributed by atoms with Gasteiger partial charge >= 0.3 is 0 Å². The molecular weight excluding hydrogens is 210 g/mol. The molecule has 3 nitrogen and oxygen atoms in total. The van der Waals surface area contributed by atoms with Crippen LogP contribution < -0.4 is 0 Å². The number of rotatable bonds is 2. The molecule has 0 radical (unpaired) electrons. The molecule has 0 aliphatic heterocycles. The summed E-state index contributed by atoms with van der Waals surface area (Å²) in [6.07, 6.45) is 5.33. The summed E-state index contributed by atoms with van der Waals surface area (Å²) < 4.78 is 2.03. The average Bonchev–Trinajstić information content (AvgIpc) is 2.53. The minimum atomic E-state index is 0.533. The van der Waals surface area contributed by atoms with E-state index < -0.39 is 0 Å². The van der Waals surface area contributed by atoms with E-state index in [1.807, 2.05) is 11.5 Å². The maximum absolute atomic E-state index is 5.98. The molecule has 15 heavy (non-hydrogen) atoms. The van der Waals surface area contributed by atoms with Crippen LogP contribution >= 0.6 is 11.6 Å². The van der Waals surface area contributed by atoms with Crippen LogP contribution in [0.2, 0.25) is 5.28 Å². The molecule has 4 heteroatoms. The van der Waals surface area contributed by atoms with Gasteiger partial charge in [-0.05, 0) is 43.2 Å². The Morgan fingerprint density at radius 1 is 1.27 bits per heavy atom. The van der Waals surface area contributed by atoms with Crippen molar-refractivity contribution in [1.82, 2.24) is 14.8 Å². The van der Waals surface area contributed by atoms with Crippen molar-refractivity contribution < 1.29 is 0 Å². The zero-order valence-corrected chi connectivity index (χ0v) is 10.2. The molecule has 1 aliphatic carbocycles. The van der Waals surface area contributed by atoms with E-state index in [2.05, 4.69) is 17.1 Å². The standard InChI is InChI=1S/C11H18ClN3/c1-8-3-5-10(6-4-8)7-15-9(2)13-14-11(15)12/h8,10H,3-7H2,1-2H3. The number of hydrogen-bond acceptors (Lipinski definition) is 2. The summed E-state index contributed by atoms with van der Waals surface area (Å²) in [5.74, 6) is 2.59. The lowest BCUT2D eigenvalue weighted by Crippen LogP contribution is -2.18. The van der Waals surface area contributed by atoms with Crippen molar-refractivity contribution in [2.75, 3.05) is 0 Å². The normalized spacial score (nSPS) is 26.9. The second-order valence-electron chi connectivity index (χ2n) is 4.75. The Morgan fingerprint density at radius 3 is 2.47 bits per heavy atom. The highest BCUT2D eigenvalue weighted by molar-refractivity contribution is 6.28. The zero-order chi connectivity index (χ0) is 10.8. The molecule has 0 atom stereocenters. The molecule has 1 aliphatic rings. The first-order chi connectivity index (χ1) is 7.16. The van der Waals surface area contributed by atoms with Crippen molar-refractivity contribution in [3.8, 4) is 0 Å². The fourth-order valence-corrected chi connectivity index (χ4v) is 2.56. The Morgan fingerprint density at radius 2 is 1.93 bits per heavy atom. The molecule has 84 valence electrons. The van der Waals surface area contributed by atoms with Crippen LogP contribution in [-0.2, 0) is 6.54 Å². The highest BCUT2D eigenvalue weighted by Gasteiger charge is 2.20. The maximum atomic E-state index is 5.98. The van der Waals surface area contributed by atoms with Gasteiger partial charge in [0.05, 0.1) is 0 Å².